The normalized spacial score (nSPS) is 6.36. The molecular weight excluding hydrogens is 231 g/mol. The monoisotopic (exact) mass is 240 g/mol. The second kappa shape index (κ2) is 9.87. The van der Waals surface area contributed by atoms with E-state index < -0.39 is 5.17 Å². The Bertz CT molecular complexity index is 127. The molecule has 0 aliphatic carbocycles. The van der Waals surface area contributed by atoms with E-state index in [1.807, 2.05) is 0 Å². The Morgan fingerprint density at radius 2 is 1.36 bits per heavy atom. The third kappa shape index (κ3) is 40.8. The van der Waals surface area contributed by atoms with E-state index in [1.165, 1.54) is 4.90 Å². The third-order valence-corrected chi connectivity index (χ3v) is 0.748. The summed E-state index contributed by atoms with van der Waals surface area (Å²) in [5.41, 5.74) is 4.40. The fraction of sp³-hybridized carbons (Fsp3) is 0.500. The zero-order chi connectivity index (χ0) is 8.73. The van der Waals surface area contributed by atoms with Crippen molar-refractivity contribution in [1.82, 2.24) is 4.90 Å². The van der Waals surface area contributed by atoms with Crippen molar-refractivity contribution in [3.63, 3.8) is 0 Å². The zero-order valence-corrected chi connectivity index (χ0v) is 8.67. The first-order valence-corrected chi connectivity index (χ1v) is 3.08. The molecule has 4 nitrogen and oxygen atoms in total. The molecule has 0 spiro atoms. The summed E-state index contributed by atoms with van der Waals surface area (Å²) < 4.78 is 0. The Morgan fingerprint density at radius 1 is 1.27 bits per heavy atom. The summed E-state index contributed by atoms with van der Waals surface area (Å²) in [6.45, 7) is 0. The van der Waals surface area contributed by atoms with Crippen molar-refractivity contribution in [2.75, 3.05) is 14.1 Å². The fourth-order valence-electron chi connectivity index (χ4n) is 0. The van der Waals surface area contributed by atoms with Crippen molar-refractivity contribution in [3.05, 3.63) is 0 Å². The zero-order valence-electron chi connectivity index (χ0n) is 6.05. The molecule has 0 aromatic heterocycles. The Hall–Kier alpha value is -0.126. The van der Waals surface area contributed by atoms with Gasteiger partial charge in [0, 0.05) is 30.6 Å². The molecule has 0 rings (SSSR count). The van der Waals surface area contributed by atoms with Crippen molar-refractivity contribution in [3.8, 4) is 0 Å². The predicted octanol–water partition coefficient (Wildman–Crippen LogP) is 0.176. The molecule has 0 bridgehead atoms. The van der Waals surface area contributed by atoms with E-state index in [1.54, 1.807) is 14.1 Å². The molecule has 4 N–H and O–H groups in total. The van der Waals surface area contributed by atoms with Gasteiger partial charge in [-0.1, -0.05) is 0 Å². The molecule has 11 heavy (non-hydrogen) atoms. The number of nitrogens with zero attached hydrogens (tertiary/aromatic N) is 1. The van der Waals surface area contributed by atoms with Crippen molar-refractivity contribution in [2.24, 2.45) is 5.73 Å². The SMILES string of the molecule is CN(C)C(O)=S.NC(O)=S.[Ni]. The molecule has 0 heterocycles. The van der Waals surface area contributed by atoms with E-state index >= 15 is 0 Å². The van der Waals surface area contributed by atoms with Gasteiger partial charge in [-0.15, -0.1) is 0 Å². The van der Waals surface area contributed by atoms with E-state index in [4.69, 9.17) is 10.2 Å². The molecule has 70 valence electrons. The Labute approximate surface area is 86.3 Å². The maximum atomic E-state index is 8.29. The number of rotatable bonds is 0. The van der Waals surface area contributed by atoms with Crippen LogP contribution in [0.5, 0.6) is 0 Å². The van der Waals surface area contributed by atoms with Gasteiger partial charge < -0.3 is 20.8 Å². The fourth-order valence-corrected chi connectivity index (χ4v) is 0. The molecule has 0 fully saturated rings. The van der Waals surface area contributed by atoms with Crippen molar-refractivity contribution in [2.45, 2.75) is 0 Å². The molecule has 7 heteroatoms. The van der Waals surface area contributed by atoms with Crippen molar-refractivity contribution in [1.29, 1.82) is 0 Å². The summed E-state index contributed by atoms with van der Waals surface area (Å²) in [5, 5.41) is 15.3. The Balaban J connectivity index is -0.000000114. The molecule has 0 saturated carbocycles. The molecule has 0 amide bonds. The molecule has 0 aliphatic heterocycles. The minimum absolute atomic E-state index is 0. The van der Waals surface area contributed by atoms with Crippen LogP contribution in [0.15, 0.2) is 0 Å². The number of hydrogen-bond donors (Lipinski definition) is 3. The topological polar surface area (TPSA) is 69.7 Å². The second-order valence-electron chi connectivity index (χ2n) is 1.52. The maximum absolute atomic E-state index is 8.29. The van der Waals surface area contributed by atoms with E-state index in [2.05, 4.69) is 30.2 Å². The van der Waals surface area contributed by atoms with E-state index in [0.29, 0.717) is 0 Å². The number of thiocarbonyl (C=S) groups is 2. The van der Waals surface area contributed by atoms with E-state index in [-0.39, 0.29) is 21.7 Å². The van der Waals surface area contributed by atoms with Crippen LogP contribution in [0.2, 0.25) is 0 Å². The van der Waals surface area contributed by atoms with Crippen LogP contribution in [-0.4, -0.2) is 39.6 Å². The molecule has 0 unspecified atom stereocenters. The van der Waals surface area contributed by atoms with Crippen LogP contribution in [0, 0.1) is 0 Å². The van der Waals surface area contributed by atoms with E-state index in [0.717, 1.165) is 0 Å². The van der Waals surface area contributed by atoms with Crippen LogP contribution in [0.25, 0.3) is 0 Å². The summed E-state index contributed by atoms with van der Waals surface area (Å²) in [4.78, 5) is 1.45. The van der Waals surface area contributed by atoms with Gasteiger partial charge in [-0.2, -0.15) is 0 Å². The average molecular weight is 241 g/mol. The van der Waals surface area contributed by atoms with Crippen molar-refractivity contribution >= 4 is 34.8 Å². The first kappa shape index (κ1) is 17.1. The Morgan fingerprint density at radius 3 is 1.36 bits per heavy atom. The smallest absolute Gasteiger partial charge is 0.256 e. The van der Waals surface area contributed by atoms with Crippen LogP contribution >= 0.6 is 24.4 Å². The van der Waals surface area contributed by atoms with Crippen LogP contribution in [0.4, 0.5) is 0 Å². The number of hydrogen-bond acceptors (Lipinski definition) is 2. The van der Waals surface area contributed by atoms with Crippen LogP contribution in [0.1, 0.15) is 0 Å². The minimum atomic E-state index is -0.500. The van der Waals surface area contributed by atoms with Gasteiger partial charge in [0.2, 0.25) is 0 Å². The molecule has 0 aromatic rings. The van der Waals surface area contributed by atoms with Gasteiger partial charge in [0.15, 0.2) is 0 Å². The number of nitrogens with two attached hydrogens (primary N) is 1. The summed E-state index contributed by atoms with van der Waals surface area (Å²) in [6.07, 6.45) is 0. The van der Waals surface area contributed by atoms with Crippen LogP contribution < -0.4 is 5.73 Å². The van der Waals surface area contributed by atoms with Crippen LogP contribution in [0.3, 0.4) is 0 Å². The van der Waals surface area contributed by atoms with Crippen molar-refractivity contribution < 1.29 is 26.7 Å². The van der Waals surface area contributed by atoms with Gasteiger partial charge >= 0.3 is 0 Å². The quantitative estimate of drug-likeness (QED) is 0.415. The number of aliphatic hydroxyl groups is 2. The first-order chi connectivity index (χ1) is 4.37. The minimum Gasteiger partial charge on any atom is -0.487 e. The first-order valence-electron chi connectivity index (χ1n) is 2.26. The molecular formula is C4H10N2NiO2S2. The molecule has 0 aliphatic rings. The second-order valence-corrected chi connectivity index (χ2v) is 2.30. The third-order valence-electron chi connectivity index (χ3n) is 0.383. The Kier molecular flexibility index (Phi) is 15.3. The van der Waals surface area contributed by atoms with Gasteiger partial charge in [-0.05, 0) is 24.4 Å². The molecule has 0 saturated heterocycles. The summed E-state index contributed by atoms with van der Waals surface area (Å²) in [6, 6.07) is 0. The van der Waals surface area contributed by atoms with Gasteiger partial charge in [-0.25, -0.2) is 0 Å². The molecule has 0 radical (unpaired) electrons. The van der Waals surface area contributed by atoms with Gasteiger partial charge in [0.1, 0.15) is 0 Å². The summed E-state index contributed by atoms with van der Waals surface area (Å²) in [5.74, 6) is 0. The molecule has 0 aromatic carbocycles. The number of aliphatic hydroxyl groups excluding tert-OH is 2. The maximum Gasteiger partial charge on any atom is 0.256 e. The van der Waals surface area contributed by atoms with Crippen LogP contribution in [-0.2, 0) is 16.5 Å². The standard InChI is InChI=1S/C3H7NOS.CH3NOS.Ni/c1-4(2)3(5)6;2-1(3)4;/h1-2H3,(H,5,6);(H3,2,3,4);. The predicted molar refractivity (Wildman–Crippen MR) is 48.3 cm³/mol. The van der Waals surface area contributed by atoms with Gasteiger partial charge in [0.25, 0.3) is 10.3 Å². The van der Waals surface area contributed by atoms with Gasteiger partial charge in [-0.3, -0.25) is 0 Å². The summed E-state index contributed by atoms with van der Waals surface area (Å²) in [7, 11) is 3.37. The van der Waals surface area contributed by atoms with Gasteiger partial charge in [0.05, 0.1) is 0 Å². The average Bonchev–Trinajstić information content (AvgIpc) is 1.63. The largest absolute Gasteiger partial charge is 0.487 e. The molecule has 0 atom stereocenters. The van der Waals surface area contributed by atoms with E-state index in [9.17, 15) is 0 Å². The summed E-state index contributed by atoms with van der Waals surface area (Å²) >= 11 is 8.17.